The molecule has 2 N–H and O–H groups in total. The van der Waals surface area contributed by atoms with Crippen molar-refractivity contribution in [2.45, 2.75) is 25.8 Å². The number of amides is 1. The van der Waals surface area contributed by atoms with Gasteiger partial charge in [0.25, 0.3) is 0 Å². The van der Waals surface area contributed by atoms with Gasteiger partial charge in [0.1, 0.15) is 0 Å². The van der Waals surface area contributed by atoms with E-state index in [-0.39, 0.29) is 18.2 Å². The molecule has 4 nitrogen and oxygen atoms in total. The fourth-order valence-corrected chi connectivity index (χ4v) is 2.54. The highest BCUT2D eigenvalue weighted by Gasteiger charge is 2.28. The van der Waals surface area contributed by atoms with Crippen molar-refractivity contribution in [3.8, 4) is 0 Å². The second-order valence-corrected chi connectivity index (χ2v) is 5.61. The van der Waals surface area contributed by atoms with Crippen LogP contribution in [-0.4, -0.2) is 17.0 Å². The molecule has 0 bridgehead atoms. The smallest absolute Gasteiger partial charge is 0.307 e. The third-order valence-corrected chi connectivity index (χ3v) is 3.98. The maximum absolute atomic E-state index is 12.1. The predicted molar refractivity (Wildman–Crippen MR) is 88.9 cm³/mol. The van der Waals surface area contributed by atoms with Gasteiger partial charge in [-0.2, -0.15) is 0 Å². The monoisotopic (exact) mass is 311 g/mol. The van der Waals surface area contributed by atoms with E-state index in [1.807, 2.05) is 67.6 Å². The first-order valence-electron chi connectivity index (χ1n) is 7.66. The van der Waals surface area contributed by atoms with Gasteiger partial charge in [-0.25, -0.2) is 0 Å². The fraction of sp³-hybridized carbons (Fsp3) is 0.263. The number of carbonyl (C=O) groups excluding carboxylic acids is 1. The first-order chi connectivity index (χ1) is 11.1. The first kappa shape index (κ1) is 16.7. The molecule has 2 atom stereocenters. The Morgan fingerprint density at radius 2 is 1.57 bits per heavy atom. The van der Waals surface area contributed by atoms with Gasteiger partial charge in [-0.15, -0.1) is 0 Å². The maximum atomic E-state index is 12.1. The Labute approximate surface area is 136 Å². The fourth-order valence-electron chi connectivity index (χ4n) is 2.54. The summed E-state index contributed by atoms with van der Waals surface area (Å²) in [6.45, 7) is 2.25. The summed E-state index contributed by atoms with van der Waals surface area (Å²) < 4.78 is 0. The normalized spacial score (nSPS) is 13.1. The van der Waals surface area contributed by atoms with E-state index < -0.39 is 11.9 Å². The zero-order valence-corrected chi connectivity index (χ0v) is 13.1. The van der Waals surface area contributed by atoms with Crippen LogP contribution in [0.25, 0.3) is 0 Å². The lowest BCUT2D eigenvalue weighted by molar-refractivity contribution is -0.144. The van der Waals surface area contributed by atoms with Crippen LogP contribution in [0.2, 0.25) is 0 Å². The van der Waals surface area contributed by atoms with Crippen molar-refractivity contribution in [1.82, 2.24) is 5.32 Å². The molecule has 0 unspecified atom stereocenters. The minimum Gasteiger partial charge on any atom is -0.481 e. The van der Waals surface area contributed by atoms with Crippen molar-refractivity contribution in [1.29, 1.82) is 0 Å². The Morgan fingerprint density at radius 3 is 2.13 bits per heavy atom. The first-order valence-corrected chi connectivity index (χ1v) is 7.66. The molecule has 0 aliphatic heterocycles. The summed E-state index contributed by atoms with van der Waals surface area (Å²) in [5.74, 6) is -2.16. The molecule has 0 heterocycles. The lowest BCUT2D eigenvalue weighted by Gasteiger charge is -2.20. The number of rotatable bonds is 7. The molecule has 4 heteroatoms. The summed E-state index contributed by atoms with van der Waals surface area (Å²) in [7, 11) is 0. The average Bonchev–Trinajstić information content (AvgIpc) is 2.58. The molecule has 0 aromatic heterocycles. The Hall–Kier alpha value is -2.62. The number of carbonyl (C=O) groups is 2. The molecule has 23 heavy (non-hydrogen) atoms. The number of aliphatic carboxylic acids is 1. The Morgan fingerprint density at radius 1 is 1.00 bits per heavy atom. The molecule has 0 saturated heterocycles. The predicted octanol–water partition coefficient (Wildman–Crippen LogP) is 3.20. The third kappa shape index (κ3) is 4.95. The van der Waals surface area contributed by atoms with Crippen LogP contribution in [-0.2, 0) is 16.1 Å². The molecule has 0 fully saturated rings. The summed E-state index contributed by atoms with van der Waals surface area (Å²) in [5.41, 5.74) is 1.92. The van der Waals surface area contributed by atoms with Crippen LogP contribution in [0.1, 0.15) is 30.4 Å². The number of nitrogens with one attached hydrogen (secondary N) is 1. The zero-order chi connectivity index (χ0) is 16.7. The second-order valence-electron chi connectivity index (χ2n) is 5.61. The summed E-state index contributed by atoms with van der Waals surface area (Å²) in [6.07, 6.45) is -0.0295. The Balaban J connectivity index is 1.96. The lowest BCUT2D eigenvalue weighted by Crippen LogP contribution is -2.30. The van der Waals surface area contributed by atoms with Crippen LogP contribution >= 0.6 is 0 Å². The van der Waals surface area contributed by atoms with Gasteiger partial charge in [0.15, 0.2) is 0 Å². The van der Waals surface area contributed by atoms with E-state index in [9.17, 15) is 14.7 Å². The SMILES string of the molecule is C[C@H](c1ccccc1)[C@H](CC(=O)NCc1ccccc1)C(=O)O. The van der Waals surface area contributed by atoms with E-state index >= 15 is 0 Å². The van der Waals surface area contributed by atoms with Gasteiger partial charge < -0.3 is 10.4 Å². The van der Waals surface area contributed by atoms with Crippen LogP contribution in [0.3, 0.4) is 0 Å². The zero-order valence-electron chi connectivity index (χ0n) is 13.1. The lowest BCUT2D eigenvalue weighted by atomic mass is 9.85. The molecule has 2 aromatic rings. The maximum Gasteiger partial charge on any atom is 0.307 e. The van der Waals surface area contributed by atoms with E-state index in [1.165, 1.54) is 0 Å². The van der Waals surface area contributed by atoms with Crippen LogP contribution < -0.4 is 5.32 Å². The molecule has 0 aliphatic rings. The molecule has 0 aliphatic carbocycles. The number of benzene rings is 2. The van der Waals surface area contributed by atoms with E-state index in [0.29, 0.717) is 6.54 Å². The largest absolute Gasteiger partial charge is 0.481 e. The van der Waals surface area contributed by atoms with Crippen molar-refractivity contribution in [3.05, 3.63) is 71.8 Å². The van der Waals surface area contributed by atoms with Crippen molar-refractivity contribution in [2.24, 2.45) is 5.92 Å². The second kappa shape index (κ2) is 8.13. The summed E-state index contributed by atoms with van der Waals surface area (Å²) >= 11 is 0. The van der Waals surface area contributed by atoms with E-state index in [4.69, 9.17) is 0 Å². The highest BCUT2D eigenvalue weighted by atomic mass is 16.4. The molecule has 0 spiro atoms. The van der Waals surface area contributed by atoms with E-state index in [0.717, 1.165) is 11.1 Å². The van der Waals surface area contributed by atoms with Crippen LogP contribution in [0.15, 0.2) is 60.7 Å². The van der Waals surface area contributed by atoms with E-state index in [1.54, 1.807) is 0 Å². The number of hydrogen-bond acceptors (Lipinski definition) is 2. The highest BCUT2D eigenvalue weighted by molar-refractivity contribution is 5.82. The minimum atomic E-state index is -0.948. The number of carboxylic acids is 1. The highest BCUT2D eigenvalue weighted by Crippen LogP contribution is 2.27. The van der Waals surface area contributed by atoms with Gasteiger partial charge >= 0.3 is 5.97 Å². The van der Waals surface area contributed by atoms with Gasteiger partial charge in [-0.3, -0.25) is 9.59 Å². The van der Waals surface area contributed by atoms with Crippen LogP contribution in [0, 0.1) is 5.92 Å². The molecule has 0 saturated carbocycles. The van der Waals surface area contributed by atoms with E-state index in [2.05, 4.69) is 5.32 Å². The van der Waals surface area contributed by atoms with Gasteiger partial charge in [-0.05, 0) is 17.0 Å². The Bertz CT molecular complexity index is 640. The molecule has 0 radical (unpaired) electrons. The van der Waals surface area contributed by atoms with Gasteiger partial charge in [0.2, 0.25) is 5.91 Å². The molecular weight excluding hydrogens is 290 g/mol. The Kier molecular flexibility index (Phi) is 5.92. The average molecular weight is 311 g/mol. The van der Waals surface area contributed by atoms with Crippen molar-refractivity contribution in [2.75, 3.05) is 0 Å². The van der Waals surface area contributed by atoms with Crippen molar-refractivity contribution >= 4 is 11.9 Å². The molecule has 2 aromatic carbocycles. The molecule has 2 rings (SSSR count). The molecule has 1 amide bonds. The van der Waals surface area contributed by atoms with Gasteiger partial charge in [-0.1, -0.05) is 67.6 Å². The molecule has 120 valence electrons. The number of carboxylic acid groups (broad SMARTS) is 1. The van der Waals surface area contributed by atoms with Crippen molar-refractivity contribution in [3.63, 3.8) is 0 Å². The third-order valence-electron chi connectivity index (χ3n) is 3.98. The molecular formula is C19H21NO3. The minimum absolute atomic E-state index is 0.0295. The number of hydrogen-bond donors (Lipinski definition) is 2. The summed E-state index contributed by atoms with van der Waals surface area (Å²) in [6, 6.07) is 19.0. The van der Waals surface area contributed by atoms with Crippen LogP contribution in [0.4, 0.5) is 0 Å². The summed E-state index contributed by atoms with van der Waals surface area (Å²) in [4.78, 5) is 23.6. The van der Waals surface area contributed by atoms with Crippen LogP contribution in [0.5, 0.6) is 0 Å². The van der Waals surface area contributed by atoms with Crippen molar-refractivity contribution < 1.29 is 14.7 Å². The topological polar surface area (TPSA) is 66.4 Å². The summed E-state index contributed by atoms with van der Waals surface area (Å²) in [5, 5.41) is 12.2. The van der Waals surface area contributed by atoms with Gasteiger partial charge in [0.05, 0.1) is 5.92 Å². The van der Waals surface area contributed by atoms with Gasteiger partial charge in [0, 0.05) is 13.0 Å². The standard InChI is InChI=1S/C19H21NO3/c1-14(16-10-6-3-7-11-16)17(19(22)23)12-18(21)20-13-15-8-4-2-5-9-15/h2-11,14,17H,12-13H2,1H3,(H,20,21)(H,22,23)/t14-,17+/m1/s1. The quantitative estimate of drug-likeness (QED) is 0.825.